The molecule has 10 heteroatoms. The van der Waals surface area contributed by atoms with Gasteiger partial charge < -0.3 is 39.2 Å². The van der Waals surface area contributed by atoms with Gasteiger partial charge in [-0.3, -0.25) is 4.79 Å². The normalized spacial score (nSPS) is 42.5. The molecule has 7 atom stereocenters. The molecule has 0 aromatic carbocycles. The quantitative estimate of drug-likeness (QED) is 0.521. The molecule has 3 aliphatic rings. The molecule has 24 heavy (non-hydrogen) atoms. The van der Waals surface area contributed by atoms with E-state index in [1.165, 1.54) is 37.0 Å². The summed E-state index contributed by atoms with van der Waals surface area (Å²) in [5, 5.41) is 29.3. The van der Waals surface area contributed by atoms with Gasteiger partial charge in [0, 0.05) is 14.2 Å². The molecule has 0 radical (unpaired) electrons. The second-order valence-corrected chi connectivity index (χ2v) is 6.82. The van der Waals surface area contributed by atoms with Gasteiger partial charge in [-0.1, -0.05) is 0 Å². The van der Waals surface area contributed by atoms with Gasteiger partial charge in [0.05, 0.1) is 12.3 Å². The molecule has 0 aromatic rings. The lowest BCUT2D eigenvalue weighted by molar-refractivity contribution is -0.155. The van der Waals surface area contributed by atoms with E-state index in [2.05, 4.69) is 0 Å². The third-order valence-corrected chi connectivity index (χ3v) is 5.45. The molecule has 0 bridgehead atoms. The zero-order valence-electron chi connectivity index (χ0n) is 13.3. The zero-order valence-corrected chi connectivity index (χ0v) is 14.1. The summed E-state index contributed by atoms with van der Waals surface area (Å²) in [4.78, 5) is 13.7. The molecular weight excluding hydrogens is 342 g/mol. The van der Waals surface area contributed by atoms with Gasteiger partial charge in [-0.25, -0.2) is 0 Å². The van der Waals surface area contributed by atoms with Crippen molar-refractivity contribution in [3.05, 3.63) is 11.8 Å². The summed E-state index contributed by atoms with van der Waals surface area (Å²) in [6.45, 7) is 0.0725. The number of thioether (sulfide) groups is 1. The number of ether oxygens (including phenoxy) is 4. The van der Waals surface area contributed by atoms with Gasteiger partial charge in [0.25, 0.3) is 0 Å². The molecule has 1 amide bonds. The summed E-state index contributed by atoms with van der Waals surface area (Å²) in [7, 11) is 2.79. The molecule has 3 N–H and O–H groups in total. The number of hydrogen-bond donors (Lipinski definition) is 3. The first kappa shape index (κ1) is 17.9. The summed E-state index contributed by atoms with van der Waals surface area (Å²) in [5.41, 5.74) is 0. The van der Waals surface area contributed by atoms with Crippen LogP contribution in [0.15, 0.2) is 11.8 Å². The molecule has 2 saturated heterocycles. The molecule has 3 heterocycles. The smallest absolute Gasteiger partial charge is 0.234 e. The number of amides is 1. The van der Waals surface area contributed by atoms with Crippen LogP contribution in [0.1, 0.15) is 0 Å². The van der Waals surface area contributed by atoms with Crippen LogP contribution in [0.25, 0.3) is 0 Å². The molecule has 2 fully saturated rings. The number of methoxy groups -OCH3 is 2. The van der Waals surface area contributed by atoms with Crippen LogP contribution in [-0.2, 0) is 23.7 Å². The maximum atomic E-state index is 12.2. The van der Waals surface area contributed by atoms with Crippen LogP contribution in [-0.4, -0.2) is 95.0 Å². The highest BCUT2D eigenvalue weighted by Crippen LogP contribution is 2.36. The van der Waals surface area contributed by atoms with Crippen LogP contribution in [0.4, 0.5) is 0 Å². The molecule has 0 unspecified atom stereocenters. The Morgan fingerprint density at radius 1 is 1.25 bits per heavy atom. The number of aliphatic hydroxyl groups excluding tert-OH is 3. The number of rotatable bonds is 5. The van der Waals surface area contributed by atoms with Gasteiger partial charge in [0.2, 0.25) is 12.2 Å². The Morgan fingerprint density at radius 2 is 1.96 bits per heavy atom. The third-order valence-electron chi connectivity index (χ3n) is 4.24. The molecule has 3 aliphatic heterocycles. The summed E-state index contributed by atoms with van der Waals surface area (Å²) in [6, 6.07) is 0. The molecule has 0 aliphatic carbocycles. The highest BCUT2D eigenvalue weighted by Gasteiger charge is 2.47. The lowest BCUT2D eigenvalue weighted by atomic mass is 10.1. The lowest BCUT2D eigenvalue weighted by Gasteiger charge is -2.28. The molecule has 0 aromatic heterocycles. The van der Waals surface area contributed by atoms with E-state index in [9.17, 15) is 20.1 Å². The first-order valence-corrected chi connectivity index (χ1v) is 8.55. The highest BCUT2D eigenvalue weighted by atomic mass is 32.2. The summed E-state index contributed by atoms with van der Waals surface area (Å²) < 4.78 is 21.0. The first-order valence-electron chi connectivity index (χ1n) is 7.51. The van der Waals surface area contributed by atoms with E-state index in [1.807, 2.05) is 0 Å². The SMILES string of the molecule is CO[C@@H]1O[C@H](CN2C(=O)CS[C@@H]2C2=C[C@@H](O)[C@H](OC)O2)[C@@H](O)[C@H]1O. The predicted molar refractivity (Wildman–Crippen MR) is 81.6 cm³/mol. The van der Waals surface area contributed by atoms with Crippen molar-refractivity contribution in [1.82, 2.24) is 4.90 Å². The summed E-state index contributed by atoms with van der Waals surface area (Å²) >= 11 is 1.35. The van der Waals surface area contributed by atoms with Crippen LogP contribution >= 0.6 is 11.8 Å². The minimum absolute atomic E-state index is 0.0725. The van der Waals surface area contributed by atoms with Crippen molar-refractivity contribution < 1.29 is 39.1 Å². The monoisotopic (exact) mass is 363 g/mol. The number of aliphatic hydroxyl groups is 3. The van der Waals surface area contributed by atoms with Crippen molar-refractivity contribution in [3.63, 3.8) is 0 Å². The van der Waals surface area contributed by atoms with Crippen molar-refractivity contribution >= 4 is 17.7 Å². The zero-order chi connectivity index (χ0) is 17.4. The van der Waals surface area contributed by atoms with E-state index in [-0.39, 0.29) is 18.2 Å². The van der Waals surface area contributed by atoms with Crippen molar-refractivity contribution in [2.75, 3.05) is 26.5 Å². The van der Waals surface area contributed by atoms with E-state index in [1.54, 1.807) is 0 Å². The molecule has 136 valence electrons. The number of hydrogen-bond acceptors (Lipinski definition) is 9. The minimum Gasteiger partial charge on any atom is -0.463 e. The fourth-order valence-corrected chi connectivity index (χ4v) is 4.11. The van der Waals surface area contributed by atoms with Crippen molar-refractivity contribution in [3.8, 4) is 0 Å². The second-order valence-electron chi connectivity index (χ2n) is 5.75. The Bertz CT molecular complexity index is 517. The van der Waals surface area contributed by atoms with E-state index < -0.39 is 42.4 Å². The number of carbonyl (C=O) groups excluding carboxylic acids is 1. The Hall–Kier alpha value is -0.880. The van der Waals surface area contributed by atoms with Gasteiger partial charge in [0.15, 0.2) is 6.29 Å². The Balaban J connectivity index is 1.70. The maximum absolute atomic E-state index is 12.2. The fourth-order valence-electron chi connectivity index (χ4n) is 2.96. The van der Waals surface area contributed by atoms with E-state index >= 15 is 0 Å². The van der Waals surface area contributed by atoms with Crippen LogP contribution in [0.5, 0.6) is 0 Å². The molecule has 0 saturated carbocycles. The summed E-state index contributed by atoms with van der Waals surface area (Å²) in [6.07, 6.45) is -4.25. The van der Waals surface area contributed by atoms with E-state index in [0.717, 1.165) is 0 Å². The van der Waals surface area contributed by atoms with E-state index in [0.29, 0.717) is 5.76 Å². The molecule has 0 spiro atoms. The van der Waals surface area contributed by atoms with Gasteiger partial charge >= 0.3 is 0 Å². The molecule has 3 rings (SSSR count). The largest absolute Gasteiger partial charge is 0.463 e. The highest BCUT2D eigenvalue weighted by molar-refractivity contribution is 8.01. The van der Waals surface area contributed by atoms with Crippen LogP contribution in [0, 0.1) is 0 Å². The Labute approximate surface area is 143 Å². The van der Waals surface area contributed by atoms with Crippen LogP contribution in [0.3, 0.4) is 0 Å². The van der Waals surface area contributed by atoms with Gasteiger partial charge in [-0.2, -0.15) is 0 Å². The van der Waals surface area contributed by atoms with Gasteiger partial charge in [0.1, 0.15) is 35.5 Å². The third kappa shape index (κ3) is 3.15. The Kier molecular flexibility index (Phi) is 5.35. The van der Waals surface area contributed by atoms with Gasteiger partial charge in [-0.05, 0) is 6.08 Å². The average Bonchev–Trinajstić information content (AvgIpc) is 3.20. The van der Waals surface area contributed by atoms with Crippen molar-refractivity contribution in [2.24, 2.45) is 0 Å². The standard InChI is InChI=1S/C14H21NO8S/c1-20-13-6(16)3-7(22-13)12-15(9(17)5-24-12)4-8-10(18)11(19)14(21-2)23-8/h3,6,8,10-14,16,18-19H,4-5H2,1-2H3/t6-,8-,10-,11-,12-,13-,14-/m1/s1. The van der Waals surface area contributed by atoms with Crippen molar-refractivity contribution in [1.29, 1.82) is 0 Å². The molecule has 9 nitrogen and oxygen atoms in total. The minimum atomic E-state index is -1.18. The van der Waals surface area contributed by atoms with Gasteiger partial charge in [-0.15, -0.1) is 11.8 Å². The predicted octanol–water partition coefficient (Wildman–Crippen LogP) is -1.77. The number of carbonyl (C=O) groups is 1. The first-order chi connectivity index (χ1) is 11.5. The maximum Gasteiger partial charge on any atom is 0.234 e. The topological polar surface area (TPSA) is 118 Å². The number of nitrogens with zero attached hydrogens (tertiary/aromatic N) is 1. The molecular formula is C14H21NO8S. The Morgan fingerprint density at radius 3 is 2.54 bits per heavy atom. The van der Waals surface area contributed by atoms with Crippen LogP contribution in [0.2, 0.25) is 0 Å². The van der Waals surface area contributed by atoms with Crippen LogP contribution < -0.4 is 0 Å². The van der Waals surface area contributed by atoms with E-state index in [4.69, 9.17) is 18.9 Å². The fraction of sp³-hybridized carbons (Fsp3) is 0.786. The van der Waals surface area contributed by atoms with Crippen molar-refractivity contribution in [2.45, 2.75) is 42.4 Å². The second kappa shape index (κ2) is 7.16. The average molecular weight is 363 g/mol. The summed E-state index contributed by atoms with van der Waals surface area (Å²) in [5.74, 6) is 0.538. The lowest BCUT2D eigenvalue weighted by Crippen LogP contribution is -2.44.